The summed E-state index contributed by atoms with van der Waals surface area (Å²) in [5.74, 6) is -1.32. The highest BCUT2D eigenvalue weighted by atomic mass is 79.9. The van der Waals surface area contributed by atoms with Gasteiger partial charge >= 0.3 is 5.97 Å². The first-order valence-corrected chi connectivity index (χ1v) is 7.53. The molecule has 0 aliphatic heterocycles. The number of nitrogens with zero attached hydrogens (tertiary/aromatic N) is 2. The van der Waals surface area contributed by atoms with Gasteiger partial charge in [0.15, 0.2) is 0 Å². The maximum atomic E-state index is 12.2. The van der Waals surface area contributed by atoms with Gasteiger partial charge in [-0.05, 0) is 46.5 Å². The maximum Gasteiger partial charge on any atom is 0.340 e. The fourth-order valence-corrected chi connectivity index (χ4v) is 3.73. The number of hydrogen-bond acceptors (Lipinski definition) is 5. The second-order valence-corrected chi connectivity index (χ2v) is 6.94. The van der Waals surface area contributed by atoms with Gasteiger partial charge in [-0.1, -0.05) is 0 Å². The third-order valence-corrected chi connectivity index (χ3v) is 5.08. The third kappa shape index (κ3) is 2.70. The van der Waals surface area contributed by atoms with E-state index in [4.69, 9.17) is 5.11 Å². The van der Waals surface area contributed by atoms with Crippen molar-refractivity contribution in [1.82, 2.24) is 4.37 Å². The second kappa shape index (κ2) is 5.40. The Labute approximate surface area is 125 Å². The molecule has 1 amide bonds. The Morgan fingerprint density at radius 1 is 1.42 bits per heavy atom. The maximum absolute atomic E-state index is 12.2. The van der Waals surface area contributed by atoms with E-state index in [1.165, 1.54) is 16.2 Å². The number of halogens is 1. The van der Waals surface area contributed by atoms with Gasteiger partial charge in [-0.15, -0.1) is 11.3 Å². The number of carboxylic acid groups (broad SMARTS) is 1. The largest absolute Gasteiger partial charge is 0.478 e. The number of aromatic nitrogens is 1. The molecular weight excluding hydrogens is 352 g/mol. The van der Waals surface area contributed by atoms with E-state index in [1.807, 2.05) is 0 Å². The van der Waals surface area contributed by atoms with Crippen LogP contribution in [0.25, 0.3) is 0 Å². The Morgan fingerprint density at radius 2 is 2.11 bits per heavy atom. The molecular formula is C11H9BrN2O3S2. The molecule has 19 heavy (non-hydrogen) atoms. The molecule has 0 aliphatic rings. The Morgan fingerprint density at radius 3 is 2.63 bits per heavy atom. The lowest BCUT2D eigenvalue weighted by Crippen LogP contribution is -2.26. The molecule has 0 aromatic carbocycles. The van der Waals surface area contributed by atoms with E-state index < -0.39 is 5.97 Å². The number of anilines is 1. The van der Waals surface area contributed by atoms with Gasteiger partial charge in [-0.2, -0.15) is 4.37 Å². The minimum absolute atomic E-state index is 0.0801. The summed E-state index contributed by atoms with van der Waals surface area (Å²) in [6.07, 6.45) is 0. The Hall–Kier alpha value is -1.25. The molecule has 0 unspecified atom stereocenters. The first-order chi connectivity index (χ1) is 8.91. The van der Waals surface area contributed by atoms with Crippen LogP contribution in [-0.4, -0.2) is 28.4 Å². The quantitative estimate of drug-likeness (QED) is 0.911. The highest BCUT2D eigenvalue weighted by Crippen LogP contribution is 2.30. The second-order valence-electron chi connectivity index (χ2n) is 3.72. The van der Waals surface area contributed by atoms with Gasteiger partial charge < -0.3 is 10.0 Å². The number of carbonyl (C=O) groups excluding carboxylic acids is 1. The van der Waals surface area contributed by atoms with Crippen molar-refractivity contribution in [2.45, 2.75) is 6.92 Å². The molecule has 0 atom stereocenters. The average Bonchev–Trinajstić information content (AvgIpc) is 2.93. The van der Waals surface area contributed by atoms with E-state index in [0.29, 0.717) is 15.6 Å². The molecule has 0 radical (unpaired) electrons. The monoisotopic (exact) mass is 360 g/mol. The predicted octanol–water partition coefficient (Wildman–Crippen LogP) is 3.25. The van der Waals surface area contributed by atoms with E-state index in [9.17, 15) is 9.59 Å². The van der Waals surface area contributed by atoms with E-state index in [-0.39, 0.29) is 11.5 Å². The molecule has 2 rings (SSSR count). The normalized spacial score (nSPS) is 10.5. The third-order valence-electron chi connectivity index (χ3n) is 2.45. The van der Waals surface area contributed by atoms with Crippen molar-refractivity contribution in [3.05, 3.63) is 32.1 Å². The standard InChI is InChI=1S/C11H9BrN2O3S2/c1-5-8(11(16)17)10(19-13-5)14(2)9(15)6-3-4-7(12)18-6/h3-4H,1-2H3,(H,16,17). The number of hydrogen-bond donors (Lipinski definition) is 1. The van der Waals surface area contributed by atoms with E-state index >= 15 is 0 Å². The number of carboxylic acids is 1. The van der Waals surface area contributed by atoms with E-state index in [1.54, 1.807) is 26.1 Å². The van der Waals surface area contributed by atoms with E-state index in [0.717, 1.165) is 15.3 Å². The average molecular weight is 361 g/mol. The summed E-state index contributed by atoms with van der Waals surface area (Å²) in [5, 5.41) is 9.51. The van der Waals surface area contributed by atoms with Crippen molar-refractivity contribution in [3.8, 4) is 0 Å². The minimum atomic E-state index is -1.08. The van der Waals surface area contributed by atoms with Crippen molar-refractivity contribution < 1.29 is 14.7 Å². The molecule has 0 fully saturated rings. The summed E-state index contributed by atoms with van der Waals surface area (Å²) in [4.78, 5) is 25.3. The smallest absolute Gasteiger partial charge is 0.340 e. The first-order valence-electron chi connectivity index (χ1n) is 5.14. The van der Waals surface area contributed by atoms with Crippen LogP contribution in [0.2, 0.25) is 0 Å². The van der Waals surface area contributed by atoms with Crippen LogP contribution in [0.15, 0.2) is 15.9 Å². The lowest BCUT2D eigenvalue weighted by Gasteiger charge is -2.14. The molecule has 8 heteroatoms. The van der Waals surface area contributed by atoms with Crippen molar-refractivity contribution in [3.63, 3.8) is 0 Å². The zero-order valence-corrected chi connectivity index (χ0v) is 13.2. The molecule has 2 aromatic rings. The Kier molecular flexibility index (Phi) is 4.02. The van der Waals surface area contributed by atoms with Gasteiger partial charge in [0.05, 0.1) is 14.4 Å². The number of thiophene rings is 1. The zero-order chi connectivity index (χ0) is 14.2. The Bertz CT molecular complexity index is 650. The molecule has 0 saturated heterocycles. The van der Waals surface area contributed by atoms with Gasteiger partial charge in [-0.25, -0.2) is 4.79 Å². The number of carbonyl (C=O) groups is 2. The summed E-state index contributed by atoms with van der Waals surface area (Å²) < 4.78 is 4.85. The summed E-state index contributed by atoms with van der Waals surface area (Å²) in [6.45, 7) is 1.61. The first kappa shape index (κ1) is 14.2. The van der Waals surface area contributed by atoms with Crippen molar-refractivity contribution in [1.29, 1.82) is 0 Å². The molecule has 2 aromatic heterocycles. The molecule has 0 spiro atoms. The van der Waals surface area contributed by atoms with E-state index in [2.05, 4.69) is 20.3 Å². The van der Waals surface area contributed by atoms with Crippen LogP contribution in [-0.2, 0) is 0 Å². The topological polar surface area (TPSA) is 70.5 Å². The molecule has 2 heterocycles. The van der Waals surface area contributed by atoms with Crippen LogP contribution in [0.3, 0.4) is 0 Å². The lowest BCUT2D eigenvalue weighted by atomic mass is 10.2. The molecule has 0 saturated carbocycles. The fraction of sp³-hybridized carbons (Fsp3) is 0.182. The zero-order valence-electron chi connectivity index (χ0n) is 10.0. The number of rotatable bonds is 3. The lowest BCUT2D eigenvalue weighted by molar-refractivity contribution is 0.0697. The summed E-state index contributed by atoms with van der Waals surface area (Å²) in [6, 6.07) is 3.48. The molecule has 100 valence electrons. The van der Waals surface area contributed by atoms with Crippen LogP contribution in [0.4, 0.5) is 5.00 Å². The predicted molar refractivity (Wildman–Crippen MR) is 78.6 cm³/mol. The Balaban J connectivity index is 2.37. The van der Waals surface area contributed by atoms with Crippen molar-refractivity contribution in [2.24, 2.45) is 0 Å². The van der Waals surface area contributed by atoms with Crippen LogP contribution in [0.1, 0.15) is 25.7 Å². The summed E-state index contributed by atoms with van der Waals surface area (Å²) in [7, 11) is 1.55. The van der Waals surface area contributed by atoms with Gasteiger partial charge in [0.1, 0.15) is 10.6 Å². The van der Waals surface area contributed by atoms with Gasteiger partial charge in [0.25, 0.3) is 5.91 Å². The molecule has 0 aliphatic carbocycles. The van der Waals surface area contributed by atoms with Gasteiger partial charge in [-0.3, -0.25) is 4.79 Å². The van der Waals surface area contributed by atoms with Crippen molar-refractivity contribution in [2.75, 3.05) is 11.9 Å². The van der Waals surface area contributed by atoms with Crippen LogP contribution < -0.4 is 4.90 Å². The minimum Gasteiger partial charge on any atom is -0.478 e. The molecule has 1 N–H and O–H groups in total. The number of aromatic carboxylic acids is 1. The van der Waals surface area contributed by atoms with Gasteiger partial charge in [0, 0.05) is 7.05 Å². The van der Waals surface area contributed by atoms with Gasteiger partial charge in [0.2, 0.25) is 0 Å². The SMILES string of the molecule is Cc1nsc(N(C)C(=O)c2ccc(Br)s2)c1C(=O)O. The molecule has 5 nitrogen and oxygen atoms in total. The van der Waals surface area contributed by atoms with Crippen molar-refractivity contribution >= 4 is 55.7 Å². The fourth-order valence-electron chi connectivity index (χ4n) is 1.52. The van der Waals surface area contributed by atoms with Crippen LogP contribution in [0, 0.1) is 6.92 Å². The summed E-state index contributed by atoms with van der Waals surface area (Å²) in [5.41, 5.74) is 0.496. The van der Waals surface area contributed by atoms with Crippen LogP contribution >= 0.6 is 38.8 Å². The highest BCUT2D eigenvalue weighted by molar-refractivity contribution is 9.11. The van der Waals surface area contributed by atoms with Crippen LogP contribution in [0.5, 0.6) is 0 Å². The highest BCUT2D eigenvalue weighted by Gasteiger charge is 2.25. The summed E-state index contributed by atoms with van der Waals surface area (Å²) >= 11 is 5.60. The number of aryl methyl sites for hydroxylation is 1. The molecule has 0 bridgehead atoms. The number of amides is 1.